The van der Waals surface area contributed by atoms with Gasteiger partial charge in [-0.05, 0) is 42.3 Å². The van der Waals surface area contributed by atoms with Crippen molar-refractivity contribution < 1.29 is 9.59 Å². The summed E-state index contributed by atoms with van der Waals surface area (Å²) in [6.07, 6.45) is 3.05. The molecule has 0 aliphatic heterocycles. The molecule has 168 valence electrons. The normalized spacial score (nSPS) is 10.8. The molecule has 0 saturated carbocycles. The molecule has 33 heavy (non-hydrogen) atoms. The topological polar surface area (TPSA) is 111 Å². The fourth-order valence-electron chi connectivity index (χ4n) is 3.53. The highest BCUT2D eigenvalue weighted by atomic mass is 16.2. The van der Waals surface area contributed by atoms with E-state index in [1.54, 1.807) is 33.5 Å². The van der Waals surface area contributed by atoms with E-state index < -0.39 is 0 Å². The van der Waals surface area contributed by atoms with E-state index in [0.717, 1.165) is 11.1 Å². The fourth-order valence-corrected chi connectivity index (χ4v) is 3.53. The maximum absolute atomic E-state index is 12.9. The van der Waals surface area contributed by atoms with Crippen molar-refractivity contribution in [1.82, 2.24) is 24.6 Å². The van der Waals surface area contributed by atoms with Crippen molar-refractivity contribution >= 4 is 28.5 Å². The lowest BCUT2D eigenvalue weighted by Crippen LogP contribution is -2.27. The predicted molar refractivity (Wildman–Crippen MR) is 125 cm³/mol. The number of carbonyl (C=O) groups is 2. The van der Waals surface area contributed by atoms with Gasteiger partial charge in [0.15, 0.2) is 5.65 Å². The number of aryl methyl sites for hydroxylation is 1. The van der Waals surface area contributed by atoms with Crippen LogP contribution in [0.3, 0.4) is 0 Å². The quantitative estimate of drug-likeness (QED) is 0.455. The molecule has 0 radical (unpaired) electrons. The Bertz CT molecular complexity index is 1370. The van der Waals surface area contributed by atoms with E-state index in [4.69, 9.17) is 0 Å². The molecule has 0 fully saturated rings. The predicted octanol–water partition coefficient (Wildman–Crippen LogP) is 2.34. The van der Waals surface area contributed by atoms with Gasteiger partial charge in [-0.1, -0.05) is 24.3 Å². The number of carbonyl (C=O) groups excluding carboxylic acids is 2. The minimum Gasteiger partial charge on any atom is -0.350 e. The largest absolute Gasteiger partial charge is 0.350 e. The minimum atomic E-state index is -0.241. The van der Waals surface area contributed by atoms with Gasteiger partial charge in [0.1, 0.15) is 11.7 Å². The molecule has 9 nitrogen and oxygen atoms in total. The van der Waals surface area contributed by atoms with Gasteiger partial charge in [-0.2, -0.15) is 5.10 Å². The van der Waals surface area contributed by atoms with Crippen LogP contribution in [0.4, 0.5) is 5.69 Å². The van der Waals surface area contributed by atoms with E-state index in [1.165, 1.54) is 19.4 Å². The van der Waals surface area contributed by atoms with Crippen LogP contribution in [0.5, 0.6) is 0 Å². The SMILES string of the molecule is CC(=O)Nc1ccc(C(=O)NCCn2ncc3c(=O)n(Cc4ccccc4C)cnc32)cc1. The summed E-state index contributed by atoms with van der Waals surface area (Å²) in [4.78, 5) is 40.8. The summed E-state index contributed by atoms with van der Waals surface area (Å²) in [6.45, 7) is 4.56. The molecule has 4 aromatic rings. The number of benzene rings is 2. The van der Waals surface area contributed by atoms with Crippen LogP contribution in [0, 0.1) is 6.92 Å². The zero-order valence-electron chi connectivity index (χ0n) is 18.4. The van der Waals surface area contributed by atoms with Crippen molar-refractivity contribution in [3.63, 3.8) is 0 Å². The molecule has 0 spiro atoms. The molecule has 0 saturated heterocycles. The third-order valence-corrected chi connectivity index (χ3v) is 5.30. The van der Waals surface area contributed by atoms with E-state index >= 15 is 0 Å². The molecule has 2 heterocycles. The molecule has 4 rings (SSSR count). The van der Waals surface area contributed by atoms with Gasteiger partial charge in [0, 0.05) is 24.7 Å². The van der Waals surface area contributed by atoms with Crippen molar-refractivity contribution in [2.75, 3.05) is 11.9 Å². The zero-order chi connectivity index (χ0) is 23.4. The average Bonchev–Trinajstić information content (AvgIpc) is 3.21. The Balaban J connectivity index is 1.41. The van der Waals surface area contributed by atoms with Crippen LogP contribution in [-0.4, -0.2) is 37.7 Å². The lowest BCUT2D eigenvalue weighted by molar-refractivity contribution is -0.114. The van der Waals surface area contributed by atoms with Crippen LogP contribution in [0.2, 0.25) is 0 Å². The van der Waals surface area contributed by atoms with E-state index in [0.29, 0.717) is 41.9 Å². The highest BCUT2D eigenvalue weighted by Gasteiger charge is 2.12. The third-order valence-electron chi connectivity index (χ3n) is 5.30. The molecular weight excluding hydrogens is 420 g/mol. The molecule has 0 aliphatic rings. The Morgan fingerprint density at radius 2 is 1.82 bits per heavy atom. The molecule has 0 bridgehead atoms. The maximum atomic E-state index is 12.9. The van der Waals surface area contributed by atoms with Crippen LogP contribution in [0.15, 0.2) is 65.8 Å². The molecule has 2 aromatic heterocycles. The van der Waals surface area contributed by atoms with Crippen molar-refractivity contribution in [2.24, 2.45) is 0 Å². The number of anilines is 1. The number of nitrogens with zero attached hydrogens (tertiary/aromatic N) is 4. The first-order valence-electron chi connectivity index (χ1n) is 10.5. The van der Waals surface area contributed by atoms with Gasteiger partial charge in [0.05, 0.1) is 19.3 Å². The summed E-state index contributed by atoms with van der Waals surface area (Å²) in [5.41, 5.74) is 3.60. The molecule has 2 amide bonds. The lowest BCUT2D eigenvalue weighted by Gasteiger charge is -2.09. The van der Waals surface area contributed by atoms with Gasteiger partial charge in [-0.3, -0.25) is 19.0 Å². The summed E-state index contributed by atoms with van der Waals surface area (Å²) in [5, 5.41) is 10.2. The molecule has 9 heteroatoms. The van der Waals surface area contributed by atoms with Crippen LogP contribution in [0.25, 0.3) is 11.0 Å². The molecular formula is C24H24N6O3. The fraction of sp³-hybridized carbons (Fsp3) is 0.208. The smallest absolute Gasteiger partial charge is 0.264 e. The first-order chi connectivity index (χ1) is 15.9. The van der Waals surface area contributed by atoms with Gasteiger partial charge in [0.25, 0.3) is 11.5 Å². The molecule has 0 aliphatic carbocycles. The van der Waals surface area contributed by atoms with E-state index in [-0.39, 0.29) is 17.4 Å². The lowest BCUT2D eigenvalue weighted by atomic mass is 10.1. The van der Waals surface area contributed by atoms with E-state index in [1.807, 2.05) is 31.2 Å². The summed E-state index contributed by atoms with van der Waals surface area (Å²) < 4.78 is 3.18. The van der Waals surface area contributed by atoms with E-state index in [9.17, 15) is 14.4 Å². The third kappa shape index (κ3) is 4.98. The number of amides is 2. The average molecular weight is 444 g/mol. The monoisotopic (exact) mass is 444 g/mol. The number of hydrogen-bond donors (Lipinski definition) is 2. The molecule has 0 unspecified atom stereocenters. The summed E-state index contributed by atoms with van der Waals surface area (Å²) in [5.74, 6) is -0.413. The number of hydrogen-bond acceptors (Lipinski definition) is 5. The van der Waals surface area contributed by atoms with Gasteiger partial charge < -0.3 is 10.6 Å². The summed E-state index contributed by atoms with van der Waals surface area (Å²) >= 11 is 0. The van der Waals surface area contributed by atoms with Crippen LogP contribution in [-0.2, 0) is 17.9 Å². The van der Waals surface area contributed by atoms with Crippen LogP contribution in [0.1, 0.15) is 28.4 Å². The number of aromatic nitrogens is 4. The standard InChI is InChI=1S/C24H24N6O3/c1-16-5-3-4-6-19(16)14-29-15-26-22-21(24(29)33)13-27-30(22)12-11-25-23(32)18-7-9-20(10-8-18)28-17(2)31/h3-10,13,15H,11-12,14H2,1-2H3,(H,25,32)(H,28,31). The second kappa shape index (κ2) is 9.47. The molecule has 2 N–H and O–H groups in total. The van der Waals surface area contributed by atoms with Crippen molar-refractivity contribution in [3.8, 4) is 0 Å². The number of fused-ring (bicyclic) bond motifs is 1. The maximum Gasteiger partial charge on any atom is 0.264 e. The highest BCUT2D eigenvalue weighted by Crippen LogP contribution is 2.11. The summed E-state index contributed by atoms with van der Waals surface area (Å²) in [7, 11) is 0. The van der Waals surface area contributed by atoms with Crippen molar-refractivity contribution in [1.29, 1.82) is 0 Å². The van der Waals surface area contributed by atoms with Crippen LogP contribution >= 0.6 is 0 Å². The Hall–Kier alpha value is -4.27. The first kappa shape index (κ1) is 21.9. The van der Waals surface area contributed by atoms with Gasteiger partial charge >= 0.3 is 0 Å². The second-order valence-electron chi connectivity index (χ2n) is 7.72. The molecule has 2 aromatic carbocycles. The van der Waals surface area contributed by atoms with E-state index in [2.05, 4.69) is 20.7 Å². The van der Waals surface area contributed by atoms with Gasteiger partial charge in [0.2, 0.25) is 5.91 Å². The van der Waals surface area contributed by atoms with Gasteiger partial charge in [-0.25, -0.2) is 9.67 Å². The highest BCUT2D eigenvalue weighted by molar-refractivity contribution is 5.95. The Morgan fingerprint density at radius 1 is 1.06 bits per heavy atom. The van der Waals surface area contributed by atoms with Gasteiger partial charge in [-0.15, -0.1) is 0 Å². The second-order valence-corrected chi connectivity index (χ2v) is 7.72. The van der Waals surface area contributed by atoms with Crippen LogP contribution < -0.4 is 16.2 Å². The Labute approximate surface area is 190 Å². The Kier molecular flexibility index (Phi) is 6.30. The number of nitrogens with one attached hydrogen (secondary N) is 2. The number of rotatable bonds is 7. The Morgan fingerprint density at radius 3 is 2.55 bits per heavy atom. The first-order valence-corrected chi connectivity index (χ1v) is 10.5. The minimum absolute atomic E-state index is 0.155. The van der Waals surface area contributed by atoms with Crippen molar-refractivity contribution in [3.05, 3.63) is 88.1 Å². The van der Waals surface area contributed by atoms with Crippen molar-refractivity contribution in [2.45, 2.75) is 26.9 Å². The molecule has 0 atom stereocenters. The summed E-state index contributed by atoms with van der Waals surface area (Å²) in [6, 6.07) is 14.5. The zero-order valence-corrected chi connectivity index (χ0v) is 18.4.